The van der Waals surface area contributed by atoms with E-state index < -0.39 is 0 Å². The molecule has 1 fully saturated rings. The highest BCUT2D eigenvalue weighted by atomic mass is 32.1. The first-order chi connectivity index (χ1) is 10.8. The average molecular weight is 318 g/mol. The number of benzene rings is 1. The molecule has 0 bridgehead atoms. The van der Waals surface area contributed by atoms with Crippen LogP contribution in [0.2, 0.25) is 0 Å². The molecule has 0 saturated carbocycles. The Labute approximate surface area is 133 Å². The van der Waals surface area contributed by atoms with Crippen molar-refractivity contribution in [1.82, 2.24) is 10.3 Å². The van der Waals surface area contributed by atoms with Crippen molar-refractivity contribution >= 4 is 17.2 Å². The maximum atomic E-state index is 11.9. The summed E-state index contributed by atoms with van der Waals surface area (Å²) in [4.78, 5) is 16.4. The Hall–Kier alpha value is -1.92. The average Bonchev–Trinajstić information content (AvgIpc) is 3.24. The smallest absolute Gasteiger partial charge is 0.249 e. The summed E-state index contributed by atoms with van der Waals surface area (Å²) in [7, 11) is 1.65. The summed E-state index contributed by atoms with van der Waals surface area (Å²) >= 11 is 1.54. The molecular formula is C16H18N2O3S. The van der Waals surface area contributed by atoms with Gasteiger partial charge in [0.15, 0.2) is 0 Å². The van der Waals surface area contributed by atoms with E-state index in [4.69, 9.17) is 9.47 Å². The predicted octanol–water partition coefficient (Wildman–Crippen LogP) is 2.61. The molecule has 2 heterocycles. The van der Waals surface area contributed by atoms with Crippen LogP contribution in [-0.4, -0.2) is 30.7 Å². The zero-order valence-electron chi connectivity index (χ0n) is 12.4. The van der Waals surface area contributed by atoms with Crippen LogP contribution in [-0.2, 0) is 16.1 Å². The number of carbonyl (C=O) groups is 1. The molecule has 1 N–H and O–H groups in total. The second-order valence-corrected chi connectivity index (χ2v) is 6.02. The zero-order valence-corrected chi connectivity index (χ0v) is 13.2. The third-order valence-electron chi connectivity index (χ3n) is 3.57. The summed E-state index contributed by atoms with van der Waals surface area (Å²) < 4.78 is 10.5. The van der Waals surface area contributed by atoms with E-state index in [1.54, 1.807) is 18.4 Å². The van der Waals surface area contributed by atoms with E-state index in [1.165, 1.54) is 0 Å². The van der Waals surface area contributed by atoms with Gasteiger partial charge in [-0.1, -0.05) is 0 Å². The zero-order chi connectivity index (χ0) is 15.4. The summed E-state index contributed by atoms with van der Waals surface area (Å²) in [5.74, 6) is 0.779. The first-order valence-electron chi connectivity index (χ1n) is 7.24. The van der Waals surface area contributed by atoms with Crippen LogP contribution in [0.3, 0.4) is 0 Å². The van der Waals surface area contributed by atoms with E-state index in [0.717, 1.165) is 34.9 Å². The second-order valence-electron chi connectivity index (χ2n) is 5.07. The quantitative estimate of drug-likeness (QED) is 0.920. The summed E-state index contributed by atoms with van der Waals surface area (Å²) in [6.45, 7) is 1.12. The summed E-state index contributed by atoms with van der Waals surface area (Å²) in [6, 6.07) is 7.77. The molecule has 1 aliphatic heterocycles. The number of carbonyl (C=O) groups excluding carboxylic acids is 1. The highest BCUT2D eigenvalue weighted by Crippen LogP contribution is 2.24. The number of hydrogen-bond acceptors (Lipinski definition) is 5. The van der Waals surface area contributed by atoms with Gasteiger partial charge in [0.05, 0.1) is 19.3 Å². The topological polar surface area (TPSA) is 60.5 Å². The molecule has 0 unspecified atom stereocenters. The van der Waals surface area contributed by atoms with Crippen LogP contribution < -0.4 is 10.1 Å². The van der Waals surface area contributed by atoms with Crippen LogP contribution in [0.1, 0.15) is 17.8 Å². The molecule has 3 rings (SSSR count). The first kappa shape index (κ1) is 15.0. The van der Waals surface area contributed by atoms with Crippen molar-refractivity contribution in [3.05, 3.63) is 34.7 Å². The van der Waals surface area contributed by atoms with Gasteiger partial charge in [-0.25, -0.2) is 4.98 Å². The Kier molecular flexibility index (Phi) is 4.70. The van der Waals surface area contributed by atoms with Crippen molar-refractivity contribution < 1.29 is 14.3 Å². The van der Waals surface area contributed by atoms with Gasteiger partial charge in [0.1, 0.15) is 16.9 Å². The molecule has 6 heteroatoms. The van der Waals surface area contributed by atoms with Crippen molar-refractivity contribution in [3.8, 4) is 17.0 Å². The lowest BCUT2D eigenvalue weighted by Gasteiger charge is -2.08. The summed E-state index contributed by atoms with van der Waals surface area (Å²) in [6.07, 6.45) is 1.47. The molecular weight excluding hydrogens is 300 g/mol. The van der Waals surface area contributed by atoms with Gasteiger partial charge in [0, 0.05) is 17.6 Å². The Morgan fingerprint density at radius 1 is 1.45 bits per heavy atom. The molecule has 22 heavy (non-hydrogen) atoms. The molecule has 116 valence electrons. The SMILES string of the molecule is COc1ccc(-c2csc(CNC(=O)[C@H]3CCCO3)n2)cc1. The Balaban J connectivity index is 1.59. The van der Waals surface area contributed by atoms with Crippen molar-refractivity contribution in [1.29, 1.82) is 0 Å². The number of rotatable bonds is 5. The fraction of sp³-hybridized carbons (Fsp3) is 0.375. The molecule has 0 spiro atoms. The monoisotopic (exact) mass is 318 g/mol. The van der Waals surface area contributed by atoms with Crippen molar-refractivity contribution in [2.24, 2.45) is 0 Å². The molecule has 1 aliphatic rings. The van der Waals surface area contributed by atoms with Gasteiger partial charge in [-0.3, -0.25) is 4.79 Å². The highest BCUT2D eigenvalue weighted by Gasteiger charge is 2.23. The van der Waals surface area contributed by atoms with Gasteiger partial charge in [0.25, 0.3) is 0 Å². The summed E-state index contributed by atoms with van der Waals surface area (Å²) in [5, 5.41) is 5.77. The van der Waals surface area contributed by atoms with Crippen LogP contribution in [0.5, 0.6) is 5.75 Å². The molecule has 1 saturated heterocycles. The molecule has 0 radical (unpaired) electrons. The van der Waals surface area contributed by atoms with Gasteiger partial charge in [-0.05, 0) is 37.1 Å². The van der Waals surface area contributed by atoms with Crippen molar-refractivity contribution in [3.63, 3.8) is 0 Å². The van der Waals surface area contributed by atoms with E-state index in [0.29, 0.717) is 13.2 Å². The first-order valence-corrected chi connectivity index (χ1v) is 8.12. The molecule has 0 aliphatic carbocycles. The van der Waals surface area contributed by atoms with E-state index in [2.05, 4.69) is 10.3 Å². The van der Waals surface area contributed by atoms with Crippen LogP contribution in [0, 0.1) is 0 Å². The molecule has 1 aromatic heterocycles. The minimum absolute atomic E-state index is 0.0429. The van der Waals surface area contributed by atoms with Gasteiger partial charge >= 0.3 is 0 Å². The van der Waals surface area contributed by atoms with Crippen molar-refractivity contribution in [2.75, 3.05) is 13.7 Å². The standard InChI is InChI=1S/C16H18N2O3S/c1-20-12-6-4-11(5-7-12)13-10-22-15(18-13)9-17-16(19)14-3-2-8-21-14/h4-7,10,14H,2-3,8-9H2,1H3,(H,17,19)/t14-/m1/s1. The Morgan fingerprint density at radius 2 is 2.27 bits per heavy atom. The number of ether oxygens (including phenoxy) is 2. The number of nitrogens with zero attached hydrogens (tertiary/aromatic N) is 1. The predicted molar refractivity (Wildman–Crippen MR) is 84.9 cm³/mol. The number of amides is 1. The number of thiazole rings is 1. The lowest BCUT2D eigenvalue weighted by Crippen LogP contribution is -2.33. The minimum Gasteiger partial charge on any atom is -0.497 e. The van der Waals surface area contributed by atoms with Crippen LogP contribution in [0.25, 0.3) is 11.3 Å². The van der Waals surface area contributed by atoms with Crippen LogP contribution >= 0.6 is 11.3 Å². The fourth-order valence-electron chi connectivity index (χ4n) is 2.35. The lowest BCUT2D eigenvalue weighted by molar-refractivity contribution is -0.130. The third kappa shape index (κ3) is 3.45. The molecule has 1 atom stereocenters. The summed E-state index contributed by atoms with van der Waals surface area (Å²) in [5.41, 5.74) is 1.95. The van der Waals surface area contributed by atoms with Gasteiger partial charge in [-0.2, -0.15) is 0 Å². The number of methoxy groups -OCH3 is 1. The largest absolute Gasteiger partial charge is 0.497 e. The molecule has 5 nitrogen and oxygen atoms in total. The minimum atomic E-state index is -0.291. The van der Waals surface area contributed by atoms with Crippen LogP contribution in [0.15, 0.2) is 29.6 Å². The molecule has 1 amide bonds. The van der Waals surface area contributed by atoms with Gasteiger partial charge in [0.2, 0.25) is 5.91 Å². The number of aromatic nitrogens is 1. The number of nitrogens with one attached hydrogen (secondary N) is 1. The molecule has 1 aromatic carbocycles. The van der Waals surface area contributed by atoms with E-state index in [9.17, 15) is 4.79 Å². The Morgan fingerprint density at radius 3 is 2.95 bits per heavy atom. The normalized spacial score (nSPS) is 17.4. The Bertz CT molecular complexity index is 633. The molecule has 2 aromatic rings. The highest BCUT2D eigenvalue weighted by molar-refractivity contribution is 7.09. The number of hydrogen-bond donors (Lipinski definition) is 1. The van der Waals surface area contributed by atoms with E-state index in [-0.39, 0.29) is 12.0 Å². The van der Waals surface area contributed by atoms with Crippen molar-refractivity contribution in [2.45, 2.75) is 25.5 Å². The van der Waals surface area contributed by atoms with E-state index >= 15 is 0 Å². The van der Waals surface area contributed by atoms with Gasteiger partial charge in [-0.15, -0.1) is 11.3 Å². The lowest BCUT2D eigenvalue weighted by atomic mass is 10.2. The fourth-order valence-corrected chi connectivity index (χ4v) is 3.09. The van der Waals surface area contributed by atoms with Gasteiger partial charge < -0.3 is 14.8 Å². The maximum Gasteiger partial charge on any atom is 0.249 e. The third-order valence-corrected chi connectivity index (χ3v) is 4.42. The maximum absolute atomic E-state index is 11.9. The second kappa shape index (κ2) is 6.89. The van der Waals surface area contributed by atoms with E-state index in [1.807, 2.05) is 29.6 Å². The van der Waals surface area contributed by atoms with Crippen LogP contribution in [0.4, 0.5) is 0 Å².